The van der Waals surface area contributed by atoms with Crippen molar-refractivity contribution in [3.63, 3.8) is 0 Å². The van der Waals surface area contributed by atoms with Gasteiger partial charge in [-0.3, -0.25) is 9.59 Å². The monoisotopic (exact) mass is 878 g/mol. The number of phenols is 2. The van der Waals surface area contributed by atoms with Crippen molar-refractivity contribution in [3.05, 3.63) is 35.4 Å². The summed E-state index contributed by atoms with van der Waals surface area (Å²) in [5.41, 5.74) is 1.24. The normalized spacial score (nSPS) is 12.0. The molecular formula is C55H91NO7. The Hall–Kier alpha value is -2.94. The SMILES string of the molecule is CCCCCCCCCCCCOCC(COCCCCCCCCCCCC)(COCCCCCCCCCCCC)Cn1c2cc(C=O)c(O)cc2c2cc(O)c(C=O)cc21. The number of carbonyl (C=O) groups is 2. The number of carbonyl (C=O) groups excluding carboxylic acids is 2. The van der Waals surface area contributed by atoms with E-state index < -0.39 is 5.41 Å². The average molecular weight is 878 g/mol. The van der Waals surface area contributed by atoms with Crippen molar-refractivity contribution < 1.29 is 34.0 Å². The summed E-state index contributed by atoms with van der Waals surface area (Å²) in [5, 5.41) is 23.0. The molecule has 0 aliphatic carbocycles. The minimum Gasteiger partial charge on any atom is -0.507 e. The molecule has 0 saturated heterocycles. The molecule has 2 aromatic carbocycles. The first-order chi connectivity index (χ1) is 30.9. The van der Waals surface area contributed by atoms with Crippen LogP contribution in [0.25, 0.3) is 21.8 Å². The second kappa shape index (κ2) is 34.4. The van der Waals surface area contributed by atoms with Crippen molar-refractivity contribution in [1.82, 2.24) is 4.57 Å². The molecule has 0 aliphatic heterocycles. The van der Waals surface area contributed by atoms with Gasteiger partial charge in [-0.25, -0.2) is 0 Å². The summed E-state index contributed by atoms with van der Waals surface area (Å²) in [7, 11) is 0. The average Bonchev–Trinajstić information content (AvgIpc) is 3.56. The zero-order valence-corrected chi connectivity index (χ0v) is 40.5. The predicted octanol–water partition coefficient (Wildman–Crippen LogP) is 15.6. The van der Waals surface area contributed by atoms with E-state index in [9.17, 15) is 19.8 Å². The van der Waals surface area contributed by atoms with Gasteiger partial charge >= 0.3 is 0 Å². The lowest BCUT2D eigenvalue weighted by molar-refractivity contribution is -0.0781. The summed E-state index contributed by atoms with van der Waals surface area (Å²) in [6.45, 7) is 10.5. The number of unbranched alkanes of at least 4 members (excludes halogenated alkanes) is 27. The van der Waals surface area contributed by atoms with Crippen LogP contribution in [0.1, 0.15) is 234 Å². The predicted molar refractivity (Wildman–Crippen MR) is 264 cm³/mol. The van der Waals surface area contributed by atoms with Crippen LogP contribution in [0.3, 0.4) is 0 Å². The van der Waals surface area contributed by atoms with Crippen molar-refractivity contribution in [2.45, 2.75) is 220 Å². The van der Waals surface area contributed by atoms with E-state index in [0.29, 0.717) is 69.5 Å². The molecule has 358 valence electrons. The number of rotatable bonds is 43. The number of nitrogens with zero attached hydrogens (tertiary/aromatic N) is 1. The van der Waals surface area contributed by atoms with Crippen LogP contribution in [-0.4, -0.2) is 67.0 Å². The molecule has 0 amide bonds. The molecule has 3 rings (SSSR count). The van der Waals surface area contributed by atoms with Crippen LogP contribution in [0.2, 0.25) is 0 Å². The number of aromatic hydroxyl groups is 2. The molecule has 8 heteroatoms. The maximum Gasteiger partial charge on any atom is 0.153 e. The summed E-state index contributed by atoms with van der Waals surface area (Å²) in [6, 6.07) is 6.59. The fraction of sp³-hybridized carbons (Fsp3) is 0.745. The third kappa shape index (κ3) is 21.3. The van der Waals surface area contributed by atoms with Gasteiger partial charge in [-0.15, -0.1) is 0 Å². The van der Waals surface area contributed by atoms with Crippen LogP contribution in [0.5, 0.6) is 11.5 Å². The second-order valence-corrected chi connectivity index (χ2v) is 18.9. The molecule has 0 bridgehead atoms. The molecule has 0 radical (unpaired) electrons. The van der Waals surface area contributed by atoms with E-state index in [-0.39, 0.29) is 22.6 Å². The highest BCUT2D eigenvalue weighted by atomic mass is 16.5. The van der Waals surface area contributed by atoms with Crippen LogP contribution < -0.4 is 0 Å². The van der Waals surface area contributed by atoms with E-state index in [0.717, 1.165) is 49.6 Å². The lowest BCUT2D eigenvalue weighted by Gasteiger charge is -2.34. The number of phenolic OH excluding ortho intramolecular Hbond substituents is 2. The Balaban J connectivity index is 1.79. The Bertz CT molecular complexity index is 1490. The van der Waals surface area contributed by atoms with Gasteiger partial charge < -0.3 is 29.0 Å². The number of ether oxygens (including phenoxy) is 3. The minimum absolute atomic E-state index is 0.124. The van der Waals surface area contributed by atoms with E-state index in [1.54, 1.807) is 24.3 Å². The van der Waals surface area contributed by atoms with Gasteiger partial charge in [-0.1, -0.05) is 194 Å². The van der Waals surface area contributed by atoms with E-state index in [1.165, 1.54) is 154 Å². The first kappa shape index (κ1) is 54.4. The quantitative estimate of drug-likeness (QED) is 0.0431. The fourth-order valence-corrected chi connectivity index (χ4v) is 9.09. The fourth-order valence-electron chi connectivity index (χ4n) is 9.09. The highest BCUT2D eigenvalue weighted by molar-refractivity contribution is 6.11. The van der Waals surface area contributed by atoms with Gasteiger partial charge in [0.15, 0.2) is 12.6 Å². The largest absolute Gasteiger partial charge is 0.507 e. The summed E-state index contributed by atoms with van der Waals surface area (Å²) < 4.78 is 22.0. The molecule has 8 nitrogen and oxygen atoms in total. The molecule has 2 N–H and O–H groups in total. The van der Waals surface area contributed by atoms with E-state index >= 15 is 0 Å². The Morgan fingerprint density at radius 2 is 0.698 bits per heavy atom. The van der Waals surface area contributed by atoms with Gasteiger partial charge in [0.05, 0.1) is 47.4 Å². The molecule has 3 aromatic rings. The van der Waals surface area contributed by atoms with Crippen LogP contribution in [0.4, 0.5) is 0 Å². The summed E-state index contributed by atoms with van der Waals surface area (Å²) in [6.07, 6.45) is 39.3. The second-order valence-electron chi connectivity index (χ2n) is 18.9. The molecule has 0 saturated carbocycles. The van der Waals surface area contributed by atoms with Crippen molar-refractivity contribution in [2.24, 2.45) is 5.41 Å². The first-order valence-corrected chi connectivity index (χ1v) is 26.1. The van der Waals surface area contributed by atoms with Crippen LogP contribution in [-0.2, 0) is 20.8 Å². The van der Waals surface area contributed by atoms with Gasteiger partial charge in [0.2, 0.25) is 0 Å². The lowest BCUT2D eigenvalue weighted by Crippen LogP contribution is -2.41. The molecule has 63 heavy (non-hydrogen) atoms. The molecule has 0 fully saturated rings. The topological polar surface area (TPSA) is 107 Å². The molecule has 0 atom stereocenters. The molecule has 0 spiro atoms. The number of hydrogen-bond acceptors (Lipinski definition) is 7. The molecule has 1 heterocycles. The Labute approximate surface area is 383 Å². The van der Waals surface area contributed by atoms with Crippen molar-refractivity contribution >= 4 is 34.4 Å². The maximum absolute atomic E-state index is 12.1. The van der Waals surface area contributed by atoms with Gasteiger partial charge in [0.1, 0.15) is 11.5 Å². The van der Waals surface area contributed by atoms with Crippen LogP contribution in [0.15, 0.2) is 24.3 Å². The van der Waals surface area contributed by atoms with Crippen molar-refractivity contribution in [3.8, 4) is 11.5 Å². The van der Waals surface area contributed by atoms with E-state index in [2.05, 4.69) is 25.3 Å². The van der Waals surface area contributed by atoms with Crippen LogP contribution >= 0.6 is 0 Å². The van der Waals surface area contributed by atoms with Crippen LogP contribution in [0, 0.1) is 5.41 Å². The lowest BCUT2D eigenvalue weighted by atomic mass is 9.90. The number of hydrogen-bond donors (Lipinski definition) is 2. The Morgan fingerprint density at radius 3 is 0.968 bits per heavy atom. The molecule has 0 unspecified atom stereocenters. The smallest absolute Gasteiger partial charge is 0.153 e. The Morgan fingerprint density at radius 1 is 0.429 bits per heavy atom. The van der Waals surface area contributed by atoms with Gasteiger partial charge in [-0.2, -0.15) is 0 Å². The molecule has 0 aliphatic rings. The van der Waals surface area contributed by atoms with E-state index in [1.807, 2.05) is 0 Å². The highest BCUT2D eigenvalue weighted by Crippen LogP contribution is 2.38. The number of fused-ring (bicyclic) bond motifs is 3. The maximum atomic E-state index is 12.1. The van der Waals surface area contributed by atoms with E-state index in [4.69, 9.17) is 14.2 Å². The number of benzene rings is 2. The van der Waals surface area contributed by atoms with Gasteiger partial charge in [-0.05, 0) is 43.5 Å². The summed E-state index contributed by atoms with van der Waals surface area (Å²) in [5.74, 6) is -0.248. The zero-order chi connectivity index (χ0) is 45.2. The Kier molecular flexibility index (Phi) is 29.7. The molecule has 1 aromatic heterocycles. The summed E-state index contributed by atoms with van der Waals surface area (Å²) >= 11 is 0. The zero-order valence-electron chi connectivity index (χ0n) is 40.5. The van der Waals surface area contributed by atoms with Gasteiger partial charge in [0, 0.05) is 37.1 Å². The number of aromatic nitrogens is 1. The standard InChI is InChI=1S/C55H91NO7/c1-4-7-10-13-16-19-22-25-28-31-34-61-44-55(45-62-35-32-29-26-23-20-17-14-11-8-5-2,46-63-36-33-30-27-24-21-18-15-12-9-6-3)43-56-51-37-47(41-57)53(59)39-49(51)50-40-54(60)48(42-58)38-52(50)56/h37-42,59-60H,4-36,43-46H2,1-3H3. The van der Waals surface area contributed by atoms with Crippen molar-refractivity contribution in [2.75, 3.05) is 39.6 Å². The third-order valence-electron chi connectivity index (χ3n) is 13.1. The van der Waals surface area contributed by atoms with Gasteiger partial charge in [0.25, 0.3) is 0 Å². The summed E-state index contributed by atoms with van der Waals surface area (Å²) in [4.78, 5) is 24.3. The minimum atomic E-state index is -0.590. The third-order valence-corrected chi connectivity index (χ3v) is 13.1. The number of aldehydes is 2. The first-order valence-electron chi connectivity index (χ1n) is 26.1. The highest BCUT2D eigenvalue weighted by Gasteiger charge is 2.34. The van der Waals surface area contributed by atoms with Crippen molar-refractivity contribution in [1.29, 1.82) is 0 Å². The molecular weight excluding hydrogens is 787 g/mol.